The highest BCUT2D eigenvalue weighted by molar-refractivity contribution is 7.91. The smallest absolute Gasteiger partial charge is 0.150 e. The van der Waals surface area contributed by atoms with Gasteiger partial charge in [0.2, 0.25) is 0 Å². The molecule has 15 heavy (non-hydrogen) atoms. The van der Waals surface area contributed by atoms with Crippen molar-refractivity contribution in [2.45, 2.75) is 25.7 Å². The molecule has 0 unspecified atom stereocenters. The zero-order chi connectivity index (χ0) is 10.9. The molecule has 2 rings (SSSR count). The third-order valence-electron chi connectivity index (χ3n) is 2.96. The van der Waals surface area contributed by atoms with Crippen molar-refractivity contribution >= 4 is 9.84 Å². The minimum absolute atomic E-state index is 0.325. The molecule has 1 aliphatic rings. The van der Waals surface area contributed by atoms with Gasteiger partial charge < -0.3 is 0 Å². The quantitative estimate of drug-likeness (QED) is 0.730. The van der Waals surface area contributed by atoms with E-state index in [4.69, 9.17) is 0 Å². The molecule has 1 aliphatic heterocycles. The van der Waals surface area contributed by atoms with E-state index in [2.05, 4.69) is 11.1 Å². The maximum Gasteiger partial charge on any atom is 0.150 e. The van der Waals surface area contributed by atoms with Gasteiger partial charge in [-0.15, -0.1) is 0 Å². The fourth-order valence-corrected chi connectivity index (χ4v) is 3.44. The van der Waals surface area contributed by atoms with Crippen LogP contribution in [0.4, 0.5) is 0 Å². The van der Waals surface area contributed by atoms with Crippen LogP contribution >= 0.6 is 0 Å². The monoisotopic (exact) mass is 225 g/mol. The molecule has 2 heterocycles. The van der Waals surface area contributed by atoms with E-state index in [1.165, 1.54) is 5.56 Å². The molecule has 0 saturated carbocycles. The van der Waals surface area contributed by atoms with E-state index < -0.39 is 9.84 Å². The van der Waals surface area contributed by atoms with Gasteiger partial charge >= 0.3 is 0 Å². The van der Waals surface area contributed by atoms with Gasteiger partial charge in [0.1, 0.15) is 9.84 Å². The zero-order valence-electron chi connectivity index (χ0n) is 8.81. The Balaban J connectivity index is 2.11. The van der Waals surface area contributed by atoms with Crippen LogP contribution in [-0.2, 0) is 9.84 Å². The number of aryl methyl sites for hydroxylation is 1. The van der Waals surface area contributed by atoms with Gasteiger partial charge in [-0.1, -0.05) is 6.07 Å². The van der Waals surface area contributed by atoms with E-state index in [9.17, 15) is 8.42 Å². The molecule has 0 atom stereocenters. The molecule has 1 saturated heterocycles. The number of aromatic nitrogens is 1. The zero-order valence-corrected chi connectivity index (χ0v) is 9.63. The predicted octanol–water partition coefficient (Wildman–Crippen LogP) is 1.68. The van der Waals surface area contributed by atoms with Gasteiger partial charge in [-0.2, -0.15) is 0 Å². The fourth-order valence-electron chi connectivity index (χ4n) is 1.94. The first-order valence-corrected chi connectivity index (χ1v) is 7.02. The lowest BCUT2D eigenvalue weighted by Crippen LogP contribution is -2.22. The summed E-state index contributed by atoms with van der Waals surface area (Å²) in [5, 5.41) is 0. The minimum Gasteiger partial charge on any atom is -0.261 e. The summed E-state index contributed by atoms with van der Waals surface area (Å²) in [7, 11) is -2.75. The Bertz CT molecular complexity index is 422. The third-order valence-corrected chi connectivity index (χ3v) is 4.68. The lowest BCUT2D eigenvalue weighted by atomic mass is 9.95. The van der Waals surface area contributed by atoms with Crippen molar-refractivity contribution in [3.05, 3.63) is 29.6 Å². The molecule has 0 amide bonds. The molecule has 0 N–H and O–H groups in total. The highest BCUT2D eigenvalue weighted by atomic mass is 32.2. The summed E-state index contributed by atoms with van der Waals surface area (Å²) in [4.78, 5) is 4.24. The Labute approximate surface area is 90.5 Å². The summed E-state index contributed by atoms with van der Waals surface area (Å²) in [5.41, 5.74) is 2.18. The summed E-state index contributed by atoms with van der Waals surface area (Å²) in [6.45, 7) is 1.95. The Kier molecular flexibility index (Phi) is 2.78. The van der Waals surface area contributed by atoms with Crippen molar-refractivity contribution < 1.29 is 8.42 Å². The molecule has 0 spiro atoms. The Morgan fingerprint density at radius 2 is 1.93 bits per heavy atom. The Morgan fingerprint density at radius 3 is 2.47 bits per heavy atom. The topological polar surface area (TPSA) is 47.0 Å². The molecule has 0 aromatic carbocycles. The molecule has 1 aromatic heterocycles. The Morgan fingerprint density at radius 1 is 1.27 bits per heavy atom. The second-order valence-electron chi connectivity index (χ2n) is 4.16. The van der Waals surface area contributed by atoms with Crippen LogP contribution in [0.5, 0.6) is 0 Å². The van der Waals surface area contributed by atoms with Crippen molar-refractivity contribution in [1.82, 2.24) is 4.98 Å². The lowest BCUT2D eigenvalue weighted by Gasteiger charge is -2.21. The molecule has 3 nitrogen and oxygen atoms in total. The number of sulfone groups is 1. The number of nitrogens with zero attached hydrogens (tertiary/aromatic N) is 1. The van der Waals surface area contributed by atoms with Crippen LogP contribution < -0.4 is 0 Å². The molecule has 0 bridgehead atoms. The molecular weight excluding hydrogens is 210 g/mol. The van der Waals surface area contributed by atoms with Crippen LogP contribution in [0, 0.1) is 6.92 Å². The van der Waals surface area contributed by atoms with Crippen molar-refractivity contribution in [3.63, 3.8) is 0 Å². The predicted molar refractivity (Wildman–Crippen MR) is 59.6 cm³/mol. The molecule has 1 aromatic rings. The van der Waals surface area contributed by atoms with Crippen LogP contribution in [0.25, 0.3) is 0 Å². The number of rotatable bonds is 1. The Hall–Kier alpha value is -0.900. The average molecular weight is 225 g/mol. The number of pyridine rings is 1. The van der Waals surface area contributed by atoms with Gasteiger partial charge in [-0.3, -0.25) is 4.98 Å². The summed E-state index contributed by atoms with van der Waals surface area (Å²) in [5.74, 6) is 1.03. The van der Waals surface area contributed by atoms with Gasteiger partial charge in [0.05, 0.1) is 11.5 Å². The average Bonchev–Trinajstić information content (AvgIpc) is 2.20. The second-order valence-corrected chi connectivity index (χ2v) is 6.46. The number of hydrogen-bond acceptors (Lipinski definition) is 3. The van der Waals surface area contributed by atoms with Gasteiger partial charge in [-0.25, -0.2) is 8.42 Å². The first kappa shape index (κ1) is 10.6. The van der Waals surface area contributed by atoms with Crippen molar-refractivity contribution in [2.24, 2.45) is 0 Å². The highest BCUT2D eigenvalue weighted by Crippen LogP contribution is 2.28. The molecular formula is C11H15NO2S. The number of hydrogen-bond donors (Lipinski definition) is 0. The standard InChI is InChI=1S/C11H15NO2S/c1-9-2-3-11(8-12-9)10-4-6-15(13,14)7-5-10/h2-3,8,10H,4-7H2,1H3. The highest BCUT2D eigenvalue weighted by Gasteiger charge is 2.24. The third kappa shape index (κ3) is 2.56. The van der Waals surface area contributed by atoms with Gasteiger partial charge in [0, 0.05) is 11.9 Å². The van der Waals surface area contributed by atoms with E-state index >= 15 is 0 Å². The van der Waals surface area contributed by atoms with Crippen molar-refractivity contribution in [1.29, 1.82) is 0 Å². The lowest BCUT2D eigenvalue weighted by molar-refractivity contribution is 0.549. The van der Waals surface area contributed by atoms with Crippen LogP contribution in [0.15, 0.2) is 18.3 Å². The molecule has 4 heteroatoms. The largest absolute Gasteiger partial charge is 0.261 e. The van der Waals surface area contributed by atoms with Crippen molar-refractivity contribution in [3.8, 4) is 0 Å². The van der Waals surface area contributed by atoms with Crippen LogP contribution in [-0.4, -0.2) is 24.9 Å². The summed E-state index contributed by atoms with van der Waals surface area (Å²) >= 11 is 0. The summed E-state index contributed by atoms with van der Waals surface area (Å²) in [6.07, 6.45) is 3.36. The van der Waals surface area contributed by atoms with Gasteiger partial charge in [0.15, 0.2) is 0 Å². The summed E-state index contributed by atoms with van der Waals surface area (Å²) in [6, 6.07) is 4.05. The van der Waals surface area contributed by atoms with Crippen LogP contribution in [0.2, 0.25) is 0 Å². The van der Waals surface area contributed by atoms with E-state index in [0.717, 1.165) is 18.5 Å². The molecule has 0 aliphatic carbocycles. The van der Waals surface area contributed by atoms with Crippen LogP contribution in [0.3, 0.4) is 0 Å². The minimum atomic E-state index is -2.75. The van der Waals surface area contributed by atoms with Gasteiger partial charge in [-0.05, 0) is 37.3 Å². The van der Waals surface area contributed by atoms with E-state index in [1.54, 1.807) is 0 Å². The van der Waals surface area contributed by atoms with Crippen LogP contribution in [0.1, 0.15) is 30.0 Å². The summed E-state index contributed by atoms with van der Waals surface area (Å²) < 4.78 is 22.5. The maximum atomic E-state index is 11.3. The first-order valence-electron chi connectivity index (χ1n) is 5.20. The SMILES string of the molecule is Cc1ccc(C2CCS(=O)(=O)CC2)cn1. The normalized spacial score (nSPS) is 21.4. The van der Waals surface area contributed by atoms with E-state index in [-0.39, 0.29) is 0 Å². The maximum absolute atomic E-state index is 11.3. The molecule has 82 valence electrons. The van der Waals surface area contributed by atoms with E-state index in [0.29, 0.717) is 17.4 Å². The molecule has 0 radical (unpaired) electrons. The van der Waals surface area contributed by atoms with Gasteiger partial charge in [0.25, 0.3) is 0 Å². The fraction of sp³-hybridized carbons (Fsp3) is 0.545. The first-order chi connectivity index (χ1) is 7.07. The van der Waals surface area contributed by atoms with Crippen molar-refractivity contribution in [2.75, 3.05) is 11.5 Å². The van der Waals surface area contributed by atoms with E-state index in [1.807, 2.05) is 19.2 Å². The molecule has 1 fully saturated rings. The second kappa shape index (κ2) is 3.93.